The lowest BCUT2D eigenvalue weighted by molar-refractivity contribution is -0.188. The number of fused-ring (bicyclic) bond motifs is 1. The summed E-state index contributed by atoms with van der Waals surface area (Å²) in [7, 11) is 0. The topological polar surface area (TPSA) is 54.9 Å². The van der Waals surface area contributed by atoms with E-state index < -0.39 is 5.79 Å². The van der Waals surface area contributed by atoms with Crippen molar-refractivity contribution >= 4 is 32.6 Å². The summed E-state index contributed by atoms with van der Waals surface area (Å²) in [6.07, 6.45) is 3.57. The number of amides is 1. The number of likely N-dealkylation sites (tertiary alicyclic amines) is 1. The Bertz CT molecular complexity index is 790. The fraction of sp³-hybridized carbons (Fsp3) is 0.600. The molecule has 1 aromatic heterocycles. The molecule has 144 valence electrons. The Morgan fingerprint density at radius 2 is 1.93 bits per heavy atom. The predicted molar refractivity (Wildman–Crippen MR) is 105 cm³/mol. The lowest BCUT2D eigenvalue weighted by atomic mass is 9.95. The molecule has 3 aliphatic heterocycles. The van der Waals surface area contributed by atoms with Gasteiger partial charge in [-0.15, -0.1) is 0 Å². The van der Waals surface area contributed by atoms with E-state index in [9.17, 15) is 4.79 Å². The molecular formula is C20H25N3O3S. The van der Waals surface area contributed by atoms with Crippen LogP contribution in [0.15, 0.2) is 24.3 Å². The first-order valence-corrected chi connectivity index (χ1v) is 10.7. The van der Waals surface area contributed by atoms with Crippen molar-refractivity contribution in [2.75, 3.05) is 44.3 Å². The highest BCUT2D eigenvalue weighted by atomic mass is 32.1. The van der Waals surface area contributed by atoms with Gasteiger partial charge in [0.1, 0.15) is 0 Å². The molecule has 3 saturated heterocycles. The molecule has 0 N–H and O–H groups in total. The maximum Gasteiger partial charge on any atom is 0.227 e. The summed E-state index contributed by atoms with van der Waals surface area (Å²) >= 11 is 1.72. The standard InChI is InChI=1S/C20H25N3O3S/c24-18(22-10-7-20(8-11-22)25-12-13-26-20)15-4-3-9-23(14-15)19-21-16-5-1-2-6-17(16)27-19/h1-2,5-6,15H,3-4,7-14H2. The number of benzene rings is 1. The van der Waals surface area contributed by atoms with Crippen molar-refractivity contribution in [3.63, 3.8) is 0 Å². The normalized spacial score (nSPS) is 25.4. The molecule has 1 spiro atoms. The number of thiazole rings is 1. The minimum Gasteiger partial charge on any atom is -0.347 e. The van der Waals surface area contributed by atoms with Gasteiger partial charge in [-0.25, -0.2) is 4.98 Å². The molecular weight excluding hydrogens is 362 g/mol. The molecule has 3 aliphatic rings. The lowest BCUT2D eigenvalue weighted by Crippen LogP contribution is -2.51. The molecule has 3 fully saturated rings. The highest BCUT2D eigenvalue weighted by Gasteiger charge is 2.42. The van der Waals surface area contributed by atoms with Crippen LogP contribution in [0.5, 0.6) is 0 Å². The molecule has 0 saturated carbocycles. The zero-order valence-corrected chi connectivity index (χ0v) is 16.2. The highest BCUT2D eigenvalue weighted by molar-refractivity contribution is 7.22. The fourth-order valence-electron chi connectivity index (χ4n) is 4.46. The fourth-order valence-corrected chi connectivity index (χ4v) is 5.46. The Morgan fingerprint density at radius 1 is 1.15 bits per heavy atom. The number of aromatic nitrogens is 1. The Labute approximate surface area is 163 Å². The van der Waals surface area contributed by atoms with Gasteiger partial charge in [0, 0.05) is 39.0 Å². The number of piperidine rings is 2. The van der Waals surface area contributed by atoms with Crippen LogP contribution >= 0.6 is 11.3 Å². The quantitative estimate of drug-likeness (QED) is 0.793. The Morgan fingerprint density at radius 3 is 2.70 bits per heavy atom. The van der Waals surface area contributed by atoms with E-state index in [1.54, 1.807) is 11.3 Å². The van der Waals surface area contributed by atoms with Gasteiger partial charge in [0.2, 0.25) is 5.91 Å². The van der Waals surface area contributed by atoms with Crippen LogP contribution in [0.3, 0.4) is 0 Å². The molecule has 1 unspecified atom stereocenters. The number of anilines is 1. The molecule has 27 heavy (non-hydrogen) atoms. The number of para-hydroxylation sites is 1. The summed E-state index contributed by atoms with van der Waals surface area (Å²) in [5.74, 6) is -0.0741. The molecule has 6 nitrogen and oxygen atoms in total. The number of carbonyl (C=O) groups is 1. The van der Waals surface area contributed by atoms with E-state index in [4.69, 9.17) is 14.5 Å². The first kappa shape index (κ1) is 17.4. The van der Waals surface area contributed by atoms with Crippen LogP contribution in [-0.2, 0) is 14.3 Å². The third kappa shape index (κ3) is 3.32. The van der Waals surface area contributed by atoms with Gasteiger partial charge in [0.15, 0.2) is 10.9 Å². The van der Waals surface area contributed by atoms with Gasteiger partial charge in [-0.3, -0.25) is 4.79 Å². The van der Waals surface area contributed by atoms with Crippen molar-refractivity contribution in [1.82, 2.24) is 9.88 Å². The molecule has 0 bridgehead atoms. The largest absolute Gasteiger partial charge is 0.347 e. The monoisotopic (exact) mass is 387 g/mol. The SMILES string of the molecule is O=C(C1CCCN(c2nc3ccccc3s2)C1)N1CCC2(CC1)OCCO2. The molecule has 0 radical (unpaired) electrons. The van der Waals surface area contributed by atoms with Crippen LogP contribution in [0.25, 0.3) is 10.2 Å². The number of carbonyl (C=O) groups excluding carboxylic acids is 1. The molecule has 1 aromatic carbocycles. The molecule has 1 atom stereocenters. The minimum absolute atomic E-state index is 0.0604. The zero-order valence-electron chi connectivity index (χ0n) is 15.4. The maximum absolute atomic E-state index is 13.1. The van der Waals surface area contributed by atoms with E-state index in [2.05, 4.69) is 17.0 Å². The average Bonchev–Trinajstić information content (AvgIpc) is 3.35. The lowest BCUT2D eigenvalue weighted by Gasteiger charge is -2.40. The molecule has 2 aromatic rings. The van der Waals surface area contributed by atoms with Gasteiger partial charge < -0.3 is 19.3 Å². The number of hydrogen-bond acceptors (Lipinski definition) is 6. The second-order valence-electron chi connectivity index (χ2n) is 7.68. The molecule has 4 heterocycles. The van der Waals surface area contributed by atoms with Crippen molar-refractivity contribution in [1.29, 1.82) is 0 Å². The molecule has 7 heteroatoms. The van der Waals surface area contributed by atoms with Crippen molar-refractivity contribution < 1.29 is 14.3 Å². The zero-order chi connectivity index (χ0) is 18.3. The van der Waals surface area contributed by atoms with Gasteiger partial charge in [0.25, 0.3) is 0 Å². The van der Waals surface area contributed by atoms with Crippen LogP contribution < -0.4 is 4.90 Å². The van der Waals surface area contributed by atoms with E-state index in [1.807, 2.05) is 17.0 Å². The number of nitrogens with zero attached hydrogens (tertiary/aromatic N) is 3. The van der Waals surface area contributed by atoms with Crippen LogP contribution in [-0.4, -0.2) is 61.0 Å². The molecule has 5 rings (SSSR count). The smallest absolute Gasteiger partial charge is 0.227 e. The van der Waals surface area contributed by atoms with Gasteiger partial charge in [-0.05, 0) is 25.0 Å². The number of ether oxygens (including phenoxy) is 2. The predicted octanol–water partition coefficient (Wildman–Crippen LogP) is 2.88. The summed E-state index contributed by atoms with van der Waals surface area (Å²) in [5, 5.41) is 1.04. The minimum atomic E-state index is -0.420. The average molecular weight is 388 g/mol. The van der Waals surface area contributed by atoms with E-state index >= 15 is 0 Å². The van der Waals surface area contributed by atoms with Crippen LogP contribution in [0, 0.1) is 5.92 Å². The Hall–Kier alpha value is -1.70. The summed E-state index contributed by atoms with van der Waals surface area (Å²) in [6, 6.07) is 8.24. The maximum atomic E-state index is 13.1. The highest BCUT2D eigenvalue weighted by Crippen LogP contribution is 2.34. The van der Waals surface area contributed by atoms with E-state index in [0.717, 1.165) is 62.5 Å². The summed E-state index contributed by atoms with van der Waals surface area (Å²) in [4.78, 5) is 22.2. The molecule has 1 amide bonds. The van der Waals surface area contributed by atoms with E-state index in [1.165, 1.54) is 4.70 Å². The van der Waals surface area contributed by atoms with Gasteiger partial charge >= 0.3 is 0 Å². The second kappa shape index (κ2) is 7.04. The number of hydrogen-bond donors (Lipinski definition) is 0. The van der Waals surface area contributed by atoms with Crippen molar-refractivity contribution in [2.45, 2.75) is 31.5 Å². The molecule has 0 aliphatic carbocycles. The summed E-state index contributed by atoms with van der Waals surface area (Å²) < 4.78 is 12.8. The van der Waals surface area contributed by atoms with Gasteiger partial charge in [-0.1, -0.05) is 23.5 Å². The Balaban J connectivity index is 1.24. The number of rotatable bonds is 2. The van der Waals surface area contributed by atoms with Gasteiger partial charge in [0.05, 0.1) is 29.3 Å². The van der Waals surface area contributed by atoms with Gasteiger partial charge in [-0.2, -0.15) is 0 Å². The third-order valence-electron chi connectivity index (χ3n) is 5.97. The van der Waals surface area contributed by atoms with Crippen molar-refractivity contribution in [3.05, 3.63) is 24.3 Å². The van der Waals surface area contributed by atoms with Crippen molar-refractivity contribution in [2.24, 2.45) is 5.92 Å². The Kier molecular flexibility index (Phi) is 4.53. The summed E-state index contributed by atoms with van der Waals surface area (Å²) in [6.45, 7) is 4.57. The summed E-state index contributed by atoms with van der Waals surface area (Å²) in [5.41, 5.74) is 1.05. The van der Waals surface area contributed by atoms with Crippen LogP contribution in [0.1, 0.15) is 25.7 Å². The van der Waals surface area contributed by atoms with Crippen molar-refractivity contribution in [3.8, 4) is 0 Å². The van der Waals surface area contributed by atoms with E-state index in [-0.39, 0.29) is 11.8 Å². The van der Waals surface area contributed by atoms with Crippen LogP contribution in [0.4, 0.5) is 5.13 Å². The first-order chi connectivity index (χ1) is 13.2. The first-order valence-electron chi connectivity index (χ1n) is 9.90. The third-order valence-corrected chi connectivity index (χ3v) is 7.07. The van der Waals surface area contributed by atoms with Crippen LogP contribution in [0.2, 0.25) is 0 Å². The van der Waals surface area contributed by atoms with E-state index in [0.29, 0.717) is 13.2 Å². The second-order valence-corrected chi connectivity index (χ2v) is 8.69.